The van der Waals surface area contributed by atoms with E-state index in [0.29, 0.717) is 5.82 Å². The number of amides is 1. The largest absolute Gasteiger partial charge is 0.364 e. The average Bonchev–Trinajstić information content (AvgIpc) is 2.85. The predicted octanol–water partition coefficient (Wildman–Crippen LogP) is 1.54. The van der Waals surface area contributed by atoms with Gasteiger partial charge in [0.05, 0.1) is 0 Å². The highest BCUT2D eigenvalue weighted by molar-refractivity contribution is 6.01. The molecule has 0 unspecified atom stereocenters. The molecule has 2 aromatic heterocycles. The number of hydrogen-bond donors (Lipinski definition) is 3. The maximum Gasteiger partial charge on any atom is 0.325 e. The Labute approximate surface area is 125 Å². The number of aromatic nitrogens is 4. The van der Waals surface area contributed by atoms with E-state index in [1.54, 1.807) is 0 Å². The second kappa shape index (κ2) is 5.10. The Balaban J connectivity index is 2.33. The van der Waals surface area contributed by atoms with Gasteiger partial charge in [0.25, 0.3) is 5.91 Å². The number of carbonyl (C=O) groups excluding carboxylic acids is 1. The van der Waals surface area contributed by atoms with Crippen molar-refractivity contribution in [2.75, 3.05) is 0 Å². The summed E-state index contributed by atoms with van der Waals surface area (Å²) < 4.78 is 0. The van der Waals surface area contributed by atoms with Gasteiger partial charge in [-0.25, -0.2) is 14.8 Å². The molecule has 112 valence electrons. The Hall–Kier alpha value is -2.96. The fraction of sp³-hybridized carbons (Fsp3) is 0.200. The lowest BCUT2D eigenvalue weighted by molar-refractivity contribution is 0.0997. The molecule has 0 aliphatic rings. The maximum absolute atomic E-state index is 11.6. The molecule has 0 radical (unpaired) electrons. The van der Waals surface area contributed by atoms with Crippen molar-refractivity contribution in [1.29, 1.82) is 0 Å². The Morgan fingerprint density at radius 1 is 1.18 bits per heavy atom. The van der Waals surface area contributed by atoms with E-state index in [-0.39, 0.29) is 22.8 Å². The molecule has 3 rings (SSSR count). The topological polar surface area (TPSA) is 118 Å². The molecule has 0 aliphatic carbocycles. The number of benzene rings is 1. The van der Waals surface area contributed by atoms with E-state index in [9.17, 15) is 9.59 Å². The van der Waals surface area contributed by atoms with Gasteiger partial charge in [-0.3, -0.25) is 9.78 Å². The summed E-state index contributed by atoms with van der Waals surface area (Å²) in [6, 6.07) is 7.67. The molecule has 0 bridgehead atoms. The molecule has 1 aromatic carbocycles. The van der Waals surface area contributed by atoms with E-state index >= 15 is 0 Å². The van der Waals surface area contributed by atoms with Crippen LogP contribution in [0, 0.1) is 0 Å². The minimum absolute atomic E-state index is 0.00286. The molecule has 0 aliphatic heterocycles. The lowest BCUT2D eigenvalue weighted by atomic mass is 9.97. The Kier molecular flexibility index (Phi) is 3.25. The first-order valence-electron chi connectivity index (χ1n) is 6.86. The van der Waals surface area contributed by atoms with Crippen molar-refractivity contribution in [2.45, 2.75) is 19.8 Å². The van der Waals surface area contributed by atoms with Crippen LogP contribution >= 0.6 is 0 Å². The summed E-state index contributed by atoms with van der Waals surface area (Å²) in [6.45, 7) is 4.12. The van der Waals surface area contributed by atoms with Gasteiger partial charge in [0.2, 0.25) is 0 Å². The number of aromatic amines is 2. The summed E-state index contributed by atoms with van der Waals surface area (Å²) in [5, 5.41) is 0. The minimum Gasteiger partial charge on any atom is -0.364 e. The number of nitrogens with zero attached hydrogens (tertiary/aromatic N) is 2. The van der Waals surface area contributed by atoms with Crippen molar-refractivity contribution < 1.29 is 4.79 Å². The van der Waals surface area contributed by atoms with Crippen LogP contribution in [0.2, 0.25) is 0 Å². The third-order valence-electron chi connectivity index (χ3n) is 3.44. The second-order valence-corrected chi connectivity index (χ2v) is 5.30. The summed E-state index contributed by atoms with van der Waals surface area (Å²) >= 11 is 0. The molecule has 0 spiro atoms. The number of nitrogens with one attached hydrogen (secondary N) is 2. The van der Waals surface area contributed by atoms with Gasteiger partial charge in [-0.15, -0.1) is 0 Å². The third-order valence-corrected chi connectivity index (χ3v) is 3.44. The molecule has 22 heavy (non-hydrogen) atoms. The van der Waals surface area contributed by atoms with Crippen LogP contribution in [0.4, 0.5) is 0 Å². The number of carbonyl (C=O) groups is 1. The van der Waals surface area contributed by atoms with Crippen molar-refractivity contribution in [3.8, 4) is 11.4 Å². The zero-order chi connectivity index (χ0) is 15.9. The van der Waals surface area contributed by atoms with Gasteiger partial charge in [-0.2, -0.15) is 0 Å². The quantitative estimate of drug-likeness (QED) is 0.679. The predicted molar refractivity (Wildman–Crippen MR) is 82.6 cm³/mol. The Morgan fingerprint density at radius 2 is 1.91 bits per heavy atom. The van der Waals surface area contributed by atoms with Crippen LogP contribution in [0.3, 0.4) is 0 Å². The molecule has 2 heterocycles. The molecule has 0 fully saturated rings. The van der Waals surface area contributed by atoms with Crippen LogP contribution in [0.15, 0.2) is 29.1 Å². The molecule has 3 aromatic rings. The van der Waals surface area contributed by atoms with Crippen LogP contribution < -0.4 is 11.4 Å². The molecule has 0 saturated carbocycles. The fourth-order valence-corrected chi connectivity index (χ4v) is 2.42. The monoisotopic (exact) mass is 297 g/mol. The zero-order valence-corrected chi connectivity index (χ0v) is 12.2. The molecular weight excluding hydrogens is 282 g/mol. The van der Waals surface area contributed by atoms with Gasteiger partial charge in [0.1, 0.15) is 5.52 Å². The van der Waals surface area contributed by atoms with Crippen molar-refractivity contribution in [1.82, 2.24) is 19.9 Å². The normalized spacial score (nSPS) is 11.2. The smallest absolute Gasteiger partial charge is 0.325 e. The summed E-state index contributed by atoms with van der Waals surface area (Å²) in [5.74, 6) is -0.0930. The lowest BCUT2D eigenvalue weighted by Gasteiger charge is -2.12. The van der Waals surface area contributed by atoms with Crippen LogP contribution in [0.5, 0.6) is 0 Å². The molecule has 7 nitrogen and oxygen atoms in total. The maximum atomic E-state index is 11.6. The van der Waals surface area contributed by atoms with E-state index < -0.39 is 11.6 Å². The van der Waals surface area contributed by atoms with E-state index in [1.807, 2.05) is 24.3 Å². The van der Waals surface area contributed by atoms with E-state index in [0.717, 1.165) is 11.1 Å². The van der Waals surface area contributed by atoms with Gasteiger partial charge in [0, 0.05) is 5.56 Å². The number of fused-ring (bicyclic) bond motifs is 1. The summed E-state index contributed by atoms with van der Waals surface area (Å²) in [5.41, 5.74) is 7.26. The van der Waals surface area contributed by atoms with Crippen LogP contribution in [-0.4, -0.2) is 25.8 Å². The Bertz CT molecular complexity index is 923. The van der Waals surface area contributed by atoms with Gasteiger partial charge < -0.3 is 10.7 Å². The number of nitrogens with two attached hydrogens (primary N) is 1. The fourth-order valence-electron chi connectivity index (χ4n) is 2.42. The van der Waals surface area contributed by atoms with Crippen LogP contribution in [0.25, 0.3) is 22.6 Å². The molecule has 0 atom stereocenters. The first-order valence-corrected chi connectivity index (χ1v) is 6.86. The standard InChI is InChI=1S/C15H15N5O2/c1-7(2)8-5-3-4-6-9(8)13-17-10(12(16)21)11-14(19-13)20-15(22)18-11/h3-7H,1-2H3,(H2,16,21)(H2,17,18,19,20,22). The second-order valence-electron chi connectivity index (χ2n) is 5.30. The molecule has 0 saturated heterocycles. The average molecular weight is 297 g/mol. The van der Waals surface area contributed by atoms with Gasteiger partial charge in [-0.1, -0.05) is 38.1 Å². The van der Waals surface area contributed by atoms with Crippen molar-refractivity contribution in [3.05, 3.63) is 46.0 Å². The van der Waals surface area contributed by atoms with Crippen molar-refractivity contribution in [3.63, 3.8) is 0 Å². The number of H-pyrrole nitrogens is 2. The van der Waals surface area contributed by atoms with Crippen molar-refractivity contribution in [2.24, 2.45) is 5.73 Å². The highest BCUT2D eigenvalue weighted by Crippen LogP contribution is 2.27. The number of imidazole rings is 1. The summed E-state index contributed by atoms with van der Waals surface area (Å²) in [4.78, 5) is 36.7. The number of primary amides is 1. The minimum atomic E-state index is -0.717. The first kappa shape index (κ1) is 14.0. The van der Waals surface area contributed by atoms with E-state index in [1.165, 1.54) is 0 Å². The van der Waals surface area contributed by atoms with Gasteiger partial charge >= 0.3 is 5.69 Å². The Morgan fingerprint density at radius 3 is 2.59 bits per heavy atom. The molecular formula is C15H15N5O2. The third kappa shape index (κ3) is 2.26. The summed E-state index contributed by atoms with van der Waals surface area (Å²) in [6.07, 6.45) is 0. The highest BCUT2D eigenvalue weighted by Gasteiger charge is 2.18. The van der Waals surface area contributed by atoms with Crippen molar-refractivity contribution >= 4 is 17.1 Å². The SMILES string of the molecule is CC(C)c1ccccc1-c1nc(C(N)=O)c2[nH]c(=O)[nH]c2n1. The van der Waals surface area contributed by atoms with Gasteiger partial charge in [0.15, 0.2) is 17.2 Å². The van der Waals surface area contributed by atoms with Gasteiger partial charge in [-0.05, 0) is 11.5 Å². The zero-order valence-electron chi connectivity index (χ0n) is 12.2. The molecule has 7 heteroatoms. The van der Waals surface area contributed by atoms with Crippen LogP contribution in [0.1, 0.15) is 35.8 Å². The first-order chi connectivity index (χ1) is 10.5. The number of rotatable bonds is 3. The highest BCUT2D eigenvalue weighted by atomic mass is 16.1. The molecule has 4 N–H and O–H groups in total. The summed E-state index contributed by atoms with van der Waals surface area (Å²) in [7, 11) is 0. The van der Waals surface area contributed by atoms with Crippen LogP contribution in [-0.2, 0) is 0 Å². The lowest BCUT2D eigenvalue weighted by Crippen LogP contribution is -2.15. The van der Waals surface area contributed by atoms with E-state index in [4.69, 9.17) is 5.73 Å². The number of hydrogen-bond acceptors (Lipinski definition) is 4. The molecule has 1 amide bonds. The van der Waals surface area contributed by atoms with E-state index in [2.05, 4.69) is 33.8 Å².